The van der Waals surface area contributed by atoms with Crippen molar-refractivity contribution in [2.45, 2.75) is 26.2 Å². The molecule has 0 unspecified atom stereocenters. The normalized spacial score (nSPS) is 14.9. The number of para-hydroxylation sites is 1. The molecule has 2 aromatic carbocycles. The van der Waals surface area contributed by atoms with Crippen LogP contribution in [0.4, 0.5) is 5.69 Å². The van der Waals surface area contributed by atoms with E-state index in [0.29, 0.717) is 22.2 Å². The molecular weight excluding hydrogens is 348 g/mol. The number of anilines is 1. The van der Waals surface area contributed by atoms with E-state index in [-0.39, 0.29) is 18.2 Å². The van der Waals surface area contributed by atoms with Crippen LogP contribution >= 0.6 is 11.6 Å². The van der Waals surface area contributed by atoms with Gasteiger partial charge in [-0.1, -0.05) is 42.8 Å². The van der Waals surface area contributed by atoms with Gasteiger partial charge in [0.25, 0.3) is 5.91 Å². The third-order valence-electron chi connectivity index (χ3n) is 4.78. The van der Waals surface area contributed by atoms with Gasteiger partial charge >= 0.3 is 0 Å². The molecule has 5 heteroatoms. The summed E-state index contributed by atoms with van der Waals surface area (Å²) in [4.78, 5) is 27.1. The van der Waals surface area contributed by atoms with Gasteiger partial charge in [-0.2, -0.15) is 0 Å². The Labute approximate surface area is 159 Å². The third-order valence-corrected chi connectivity index (χ3v) is 5.03. The van der Waals surface area contributed by atoms with Crippen molar-refractivity contribution in [2.75, 3.05) is 18.4 Å². The van der Waals surface area contributed by atoms with Crippen LogP contribution < -0.4 is 5.32 Å². The van der Waals surface area contributed by atoms with Crippen molar-refractivity contribution in [3.05, 3.63) is 64.7 Å². The van der Waals surface area contributed by atoms with Gasteiger partial charge in [-0.25, -0.2) is 0 Å². The molecule has 0 bridgehead atoms. The Kier molecular flexibility index (Phi) is 5.94. The molecule has 1 N–H and O–H groups in total. The van der Waals surface area contributed by atoms with Crippen LogP contribution in [0.25, 0.3) is 0 Å². The minimum Gasteiger partial charge on any atom is -0.339 e. The molecule has 136 valence electrons. The Morgan fingerprint density at radius 3 is 2.42 bits per heavy atom. The SMILES string of the molecule is CC1CCN(C(=O)c2ccccc2NC(=O)Cc2ccc(Cl)cc2)CC1. The standard InChI is InChI=1S/C21H23ClN2O2/c1-15-10-12-24(13-11-15)21(26)18-4-2-3-5-19(18)23-20(25)14-16-6-8-17(22)9-7-16/h2-9,15H,10-14H2,1H3,(H,23,25). The lowest BCUT2D eigenvalue weighted by Gasteiger charge is -2.30. The zero-order valence-electron chi connectivity index (χ0n) is 14.9. The van der Waals surface area contributed by atoms with Gasteiger partial charge in [0.1, 0.15) is 0 Å². The second-order valence-corrected chi connectivity index (χ2v) is 7.31. The molecule has 2 aromatic rings. The van der Waals surface area contributed by atoms with Gasteiger partial charge in [-0.05, 0) is 48.6 Å². The number of benzene rings is 2. The van der Waals surface area contributed by atoms with Crippen LogP contribution in [0.15, 0.2) is 48.5 Å². The predicted molar refractivity (Wildman–Crippen MR) is 105 cm³/mol. The van der Waals surface area contributed by atoms with Crippen molar-refractivity contribution >= 4 is 29.1 Å². The van der Waals surface area contributed by atoms with E-state index in [0.717, 1.165) is 31.5 Å². The van der Waals surface area contributed by atoms with Crippen LogP contribution in [0.1, 0.15) is 35.7 Å². The maximum atomic E-state index is 12.9. The summed E-state index contributed by atoms with van der Waals surface area (Å²) in [5, 5.41) is 3.52. The van der Waals surface area contributed by atoms with Gasteiger partial charge in [0.2, 0.25) is 5.91 Å². The molecule has 0 radical (unpaired) electrons. The largest absolute Gasteiger partial charge is 0.339 e. The summed E-state index contributed by atoms with van der Waals surface area (Å²) in [6.07, 6.45) is 2.29. The van der Waals surface area contributed by atoms with E-state index in [1.807, 2.05) is 29.2 Å². The lowest BCUT2D eigenvalue weighted by Crippen LogP contribution is -2.38. The minimum absolute atomic E-state index is 0.0145. The molecule has 0 saturated carbocycles. The zero-order chi connectivity index (χ0) is 18.5. The Balaban J connectivity index is 1.69. The summed E-state index contributed by atoms with van der Waals surface area (Å²) in [5.74, 6) is 0.493. The number of nitrogens with zero attached hydrogens (tertiary/aromatic N) is 1. The average Bonchev–Trinajstić information content (AvgIpc) is 2.64. The van der Waals surface area contributed by atoms with E-state index in [9.17, 15) is 9.59 Å². The lowest BCUT2D eigenvalue weighted by atomic mass is 9.98. The van der Waals surface area contributed by atoms with E-state index in [2.05, 4.69) is 12.2 Å². The summed E-state index contributed by atoms with van der Waals surface area (Å²) in [5.41, 5.74) is 1.99. The lowest BCUT2D eigenvalue weighted by molar-refractivity contribution is -0.115. The van der Waals surface area contributed by atoms with Crippen LogP contribution in [-0.2, 0) is 11.2 Å². The minimum atomic E-state index is -0.153. The molecule has 2 amide bonds. The molecule has 1 aliphatic heterocycles. The predicted octanol–water partition coefficient (Wildman–Crippen LogP) is 4.39. The monoisotopic (exact) mass is 370 g/mol. The van der Waals surface area contributed by atoms with Crippen molar-refractivity contribution in [3.8, 4) is 0 Å². The number of nitrogens with one attached hydrogen (secondary N) is 1. The van der Waals surface area contributed by atoms with Crippen LogP contribution in [0.5, 0.6) is 0 Å². The van der Waals surface area contributed by atoms with Crippen molar-refractivity contribution in [2.24, 2.45) is 5.92 Å². The van der Waals surface area contributed by atoms with Gasteiger partial charge in [0, 0.05) is 18.1 Å². The highest BCUT2D eigenvalue weighted by Gasteiger charge is 2.23. The topological polar surface area (TPSA) is 49.4 Å². The molecule has 1 saturated heterocycles. The van der Waals surface area contributed by atoms with Crippen LogP contribution in [0.2, 0.25) is 5.02 Å². The van der Waals surface area contributed by atoms with E-state index < -0.39 is 0 Å². The van der Waals surface area contributed by atoms with Crippen molar-refractivity contribution in [3.63, 3.8) is 0 Å². The van der Waals surface area contributed by atoms with Gasteiger partial charge in [-0.3, -0.25) is 9.59 Å². The average molecular weight is 371 g/mol. The van der Waals surface area contributed by atoms with Gasteiger partial charge in [0.05, 0.1) is 17.7 Å². The van der Waals surface area contributed by atoms with E-state index >= 15 is 0 Å². The van der Waals surface area contributed by atoms with Gasteiger partial charge < -0.3 is 10.2 Å². The number of rotatable bonds is 4. The number of carbonyl (C=O) groups is 2. The zero-order valence-corrected chi connectivity index (χ0v) is 15.6. The number of halogens is 1. The summed E-state index contributed by atoms with van der Waals surface area (Å²) in [6.45, 7) is 3.76. The summed E-state index contributed by atoms with van der Waals surface area (Å²) >= 11 is 5.87. The first kappa shape index (κ1) is 18.5. The van der Waals surface area contributed by atoms with E-state index in [1.165, 1.54) is 0 Å². The molecule has 1 fully saturated rings. The number of likely N-dealkylation sites (tertiary alicyclic amines) is 1. The van der Waals surface area contributed by atoms with Crippen molar-refractivity contribution < 1.29 is 9.59 Å². The fourth-order valence-electron chi connectivity index (χ4n) is 3.14. The fraction of sp³-hybridized carbons (Fsp3) is 0.333. The third kappa shape index (κ3) is 4.64. The molecule has 3 rings (SSSR count). The fourth-order valence-corrected chi connectivity index (χ4v) is 3.27. The Morgan fingerprint density at radius 2 is 1.73 bits per heavy atom. The first-order valence-corrected chi connectivity index (χ1v) is 9.33. The Hall–Kier alpha value is -2.33. The molecule has 0 spiro atoms. The number of carbonyl (C=O) groups excluding carboxylic acids is 2. The molecule has 1 heterocycles. The molecule has 0 atom stereocenters. The molecule has 26 heavy (non-hydrogen) atoms. The van der Waals surface area contributed by atoms with Gasteiger partial charge in [-0.15, -0.1) is 0 Å². The molecule has 0 aromatic heterocycles. The molecule has 0 aliphatic carbocycles. The second kappa shape index (κ2) is 8.37. The Bertz CT molecular complexity index is 781. The maximum Gasteiger partial charge on any atom is 0.255 e. The number of piperidine rings is 1. The first-order chi connectivity index (χ1) is 12.5. The van der Waals surface area contributed by atoms with Crippen LogP contribution in [-0.4, -0.2) is 29.8 Å². The Morgan fingerprint density at radius 1 is 1.08 bits per heavy atom. The number of hydrogen-bond donors (Lipinski definition) is 1. The molecule has 4 nitrogen and oxygen atoms in total. The molecular formula is C21H23ClN2O2. The maximum absolute atomic E-state index is 12.9. The summed E-state index contributed by atoms with van der Waals surface area (Å²) < 4.78 is 0. The van der Waals surface area contributed by atoms with E-state index in [4.69, 9.17) is 11.6 Å². The smallest absolute Gasteiger partial charge is 0.255 e. The quantitative estimate of drug-likeness (QED) is 0.867. The summed E-state index contributed by atoms with van der Waals surface area (Å²) in [6, 6.07) is 14.4. The first-order valence-electron chi connectivity index (χ1n) is 8.95. The number of amides is 2. The van der Waals surface area contributed by atoms with Crippen LogP contribution in [0.3, 0.4) is 0 Å². The summed E-state index contributed by atoms with van der Waals surface area (Å²) in [7, 11) is 0. The van der Waals surface area contributed by atoms with Crippen molar-refractivity contribution in [1.82, 2.24) is 4.90 Å². The van der Waals surface area contributed by atoms with Crippen molar-refractivity contribution in [1.29, 1.82) is 0 Å². The van der Waals surface area contributed by atoms with E-state index in [1.54, 1.807) is 24.3 Å². The highest BCUT2D eigenvalue weighted by molar-refractivity contribution is 6.30. The number of hydrogen-bond acceptors (Lipinski definition) is 2. The molecule has 1 aliphatic rings. The highest BCUT2D eigenvalue weighted by atomic mass is 35.5. The van der Waals surface area contributed by atoms with Crippen LogP contribution in [0, 0.1) is 5.92 Å². The highest BCUT2D eigenvalue weighted by Crippen LogP contribution is 2.22. The van der Waals surface area contributed by atoms with Gasteiger partial charge in [0.15, 0.2) is 0 Å². The second-order valence-electron chi connectivity index (χ2n) is 6.87.